The van der Waals surface area contributed by atoms with E-state index in [1.807, 2.05) is 49.4 Å². The fourth-order valence-electron chi connectivity index (χ4n) is 2.29. The van der Waals surface area contributed by atoms with Crippen LogP contribution in [-0.4, -0.2) is 9.78 Å². The third-order valence-electron chi connectivity index (χ3n) is 3.20. The van der Waals surface area contributed by atoms with Gasteiger partial charge in [0.1, 0.15) is 0 Å². The molecule has 3 aromatic rings. The molecule has 2 aromatic carbocycles. The third-order valence-corrected chi connectivity index (χ3v) is 3.44. The monoisotopic (exact) mass is 284 g/mol. The van der Waals surface area contributed by atoms with Crippen LogP contribution in [0.3, 0.4) is 0 Å². The summed E-state index contributed by atoms with van der Waals surface area (Å²) in [5.74, 6) is 0. The average molecular weight is 285 g/mol. The molecule has 1 N–H and O–H groups in total. The zero-order valence-corrected chi connectivity index (χ0v) is 11.7. The summed E-state index contributed by atoms with van der Waals surface area (Å²) in [5.41, 5.74) is 3.09. The molecule has 3 rings (SSSR count). The number of hydrogen-bond acceptors (Lipinski definition) is 1. The van der Waals surface area contributed by atoms with E-state index in [1.54, 1.807) is 12.1 Å². The van der Waals surface area contributed by atoms with Crippen LogP contribution in [0.5, 0.6) is 0 Å². The van der Waals surface area contributed by atoms with E-state index in [1.165, 1.54) is 4.68 Å². The Morgan fingerprint density at radius 1 is 1.05 bits per heavy atom. The van der Waals surface area contributed by atoms with Crippen molar-refractivity contribution in [1.82, 2.24) is 9.78 Å². The molecule has 0 aliphatic carbocycles. The highest BCUT2D eigenvalue weighted by Crippen LogP contribution is 2.20. The van der Waals surface area contributed by atoms with Gasteiger partial charge in [0.15, 0.2) is 0 Å². The van der Waals surface area contributed by atoms with E-state index in [9.17, 15) is 4.79 Å². The van der Waals surface area contributed by atoms with Crippen LogP contribution in [0.15, 0.2) is 59.4 Å². The Balaban J connectivity index is 2.20. The summed E-state index contributed by atoms with van der Waals surface area (Å²) in [4.78, 5) is 12.6. The highest BCUT2D eigenvalue weighted by Gasteiger charge is 2.13. The van der Waals surface area contributed by atoms with Gasteiger partial charge in [-0.3, -0.25) is 9.89 Å². The first-order valence-electron chi connectivity index (χ1n) is 6.30. The largest absolute Gasteiger partial charge is 0.295 e. The van der Waals surface area contributed by atoms with E-state index in [2.05, 4.69) is 5.10 Å². The summed E-state index contributed by atoms with van der Waals surface area (Å²) in [6.45, 7) is 1.89. The van der Waals surface area contributed by atoms with E-state index in [4.69, 9.17) is 11.6 Å². The SMILES string of the molecule is Cc1[nH]n(-c2cccc(Cl)c2)c(=O)c1-c1ccccc1. The zero-order valence-electron chi connectivity index (χ0n) is 10.9. The second-order valence-electron chi connectivity index (χ2n) is 4.60. The number of aromatic nitrogens is 2. The molecule has 0 fully saturated rings. The van der Waals surface area contributed by atoms with Crippen molar-refractivity contribution < 1.29 is 0 Å². The molecule has 0 amide bonds. The molecule has 0 aliphatic rings. The van der Waals surface area contributed by atoms with E-state index in [-0.39, 0.29) is 5.56 Å². The summed E-state index contributed by atoms with van der Waals surface area (Å²) in [6, 6.07) is 16.8. The second kappa shape index (κ2) is 5.02. The summed E-state index contributed by atoms with van der Waals surface area (Å²) >= 11 is 5.98. The van der Waals surface area contributed by atoms with Crippen LogP contribution in [-0.2, 0) is 0 Å². The number of nitrogens with zero attached hydrogens (tertiary/aromatic N) is 1. The first-order chi connectivity index (χ1) is 9.66. The Kier molecular flexibility index (Phi) is 3.20. The van der Waals surface area contributed by atoms with Crippen LogP contribution in [0, 0.1) is 6.92 Å². The van der Waals surface area contributed by atoms with Crippen LogP contribution < -0.4 is 5.56 Å². The molecule has 0 unspecified atom stereocenters. The summed E-state index contributed by atoms with van der Waals surface area (Å²) < 4.78 is 1.52. The fraction of sp³-hybridized carbons (Fsp3) is 0.0625. The summed E-state index contributed by atoms with van der Waals surface area (Å²) in [6.07, 6.45) is 0. The van der Waals surface area contributed by atoms with Crippen molar-refractivity contribution in [2.75, 3.05) is 0 Å². The third kappa shape index (κ3) is 2.17. The molecule has 100 valence electrons. The van der Waals surface area contributed by atoms with Gasteiger partial charge in [0.2, 0.25) is 0 Å². The number of halogens is 1. The molecule has 0 bridgehead atoms. The second-order valence-corrected chi connectivity index (χ2v) is 5.03. The predicted molar refractivity (Wildman–Crippen MR) is 81.6 cm³/mol. The van der Waals surface area contributed by atoms with Crippen molar-refractivity contribution in [3.05, 3.63) is 75.7 Å². The van der Waals surface area contributed by atoms with Gasteiger partial charge < -0.3 is 0 Å². The van der Waals surface area contributed by atoms with Crippen molar-refractivity contribution in [2.24, 2.45) is 0 Å². The first kappa shape index (κ1) is 12.8. The smallest absolute Gasteiger partial charge is 0.279 e. The number of benzene rings is 2. The minimum atomic E-state index is -0.0732. The van der Waals surface area contributed by atoms with Crippen LogP contribution in [0.1, 0.15) is 5.69 Å². The highest BCUT2D eigenvalue weighted by atomic mass is 35.5. The molecule has 1 heterocycles. The van der Waals surface area contributed by atoms with Gasteiger partial charge in [-0.15, -0.1) is 0 Å². The molecule has 0 saturated carbocycles. The maximum absolute atomic E-state index is 12.6. The number of aryl methyl sites for hydroxylation is 1. The molecule has 0 atom stereocenters. The van der Waals surface area contributed by atoms with Gasteiger partial charge in [-0.1, -0.05) is 48.0 Å². The average Bonchev–Trinajstić information content (AvgIpc) is 2.75. The summed E-state index contributed by atoms with van der Waals surface area (Å²) in [5, 5.41) is 3.70. The quantitative estimate of drug-likeness (QED) is 0.764. The predicted octanol–water partition coefficient (Wildman–Crippen LogP) is 3.79. The van der Waals surface area contributed by atoms with Gasteiger partial charge in [-0.2, -0.15) is 0 Å². The van der Waals surface area contributed by atoms with Gasteiger partial charge in [0.25, 0.3) is 5.56 Å². The van der Waals surface area contributed by atoms with Crippen molar-refractivity contribution in [3.63, 3.8) is 0 Å². The van der Waals surface area contributed by atoms with Gasteiger partial charge in [0.05, 0.1) is 11.3 Å². The molecule has 4 heteroatoms. The van der Waals surface area contributed by atoms with Crippen LogP contribution in [0.2, 0.25) is 5.02 Å². The van der Waals surface area contributed by atoms with E-state index >= 15 is 0 Å². The van der Waals surface area contributed by atoms with Crippen LogP contribution in [0.4, 0.5) is 0 Å². The normalized spacial score (nSPS) is 10.7. The van der Waals surface area contributed by atoms with E-state index in [0.717, 1.165) is 16.9 Å². The highest BCUT2D eigenvalue weighted by molar-refractivity contribution is 6.30. The van der Waals surface area contributed by atoms with Crippen molar-refractivity contribution in [1.29, 1.82) is 0 Å². The Morgan fingerprint density at radius 3 is 2.50 bits per heavy atom. The molecule has 0 radical (unpaired) electrons. The lowest BCUT2D eigenvalue weighted by molar-refractivity contribution is 0.835. The number of H-pyrrole nitrogens is 1. The number of nitrogens with one attached hydrogen (secondary N) is 1. The standard InChI is InChI=1S/C16H13ClN2O/c1-11-15(12-6-3-2-4-7-12)16(20)19(18-11)14-9-5-8-13(17)10-14/h2-10,18H,1H3. The Bertz CT molecular complexity index is 803. The molecular weight excluding hydrogens is 272 g/mol. The number of rotatable bonds is 2. The Morgan fingerprint density at radius 2 is 1.80 bits per heavy atom. The lowest BCUT2D eigenvalue weighted by Gasteiger charge is -2.01. The topological polar surface area (TPSA) is 37.8 Å². The van der Waals surface area contributed by atoms with Gasteiger partial charge in [-0.25, -0.2) is 4.68 Å². The number of hydrogen-bond donors (Lipinski definition) is 1. The summed E-state index contributed by atoms with van der Waals surface area (Å²) in [7, 11) is 0. The molecule has 1 aromatic heterocycles. The van der Waals surface area contributed by atoms with Gasteiger partial charge >= 0.3 is 0 Å². The number of aromatic amines is 1. The Hall–Kier alpha value is -2.26. The van der Waals surface area contributed by atoms with Crippen LogP contribution >= 0.6 is 11.6 Å². The maximum Gasteiger partial charge on any atom is 0.279 e. The van der Waals surface area contributed by atoms with E-state index < -0.39 is 0 Å². The van der Waals surface area contributed by atoms with Crippen molar-refractivity contribution >= 4 is 11.6 Å². The minimum absolute atomic E-state index is 0.0732. The Labute approximate surface area is 121 Å². The molecule has 0 saturated heterocycles. The van der Waals surface area contributed by atoms with Crippen molar-refractivity contribution in [2.45, 2.75) is 6.92 Å². The van der Waals surface area contributed by atoms with Crippen LogP contribution in [0.25, 0.3) is 16.8 Å². The zero-order chi connectivity index (χ0) is 14.1. The molecule has 20 heavy (non-hydrogen) atoms. The first-order valence-corrected chi connectivity index (χ1v) is 6.67. The molecule has 0 aliphatic heterocycles. The molecule has 3 nitrogen and oxygen atoms in total. The van der Waals surface area contributed by atoms with E-state index in [0.29, 0.717) is 10.6 Å². The lowest BCUT2D eigenvalue weighted by atomic mass is 10.1. The lowest BCUT2D eigenvalue weighted by Crippen LogP contribution is -2.15. The maximum atomic E-state index is 12.6. The fourth-order valence-corrected chi connectivity index (χ4v) is 2.47. The molecular formula is C16H13ClN2O. The van der Waals surface area contributed by atoms with Gasteiger partial charge in [-0.05, 0) is 30.7 Å². The van der Waals surface area contributed by atoms with Crippen molar-refractivity contribution in [3.8, 4) is 16.8 Å². The van der Waals surface area contributed by atoms with Gasteiger partial charge in [0, 0.05) is 10.7 Å². The minimum Gasteiger partial charge on any atom is -0.295 e. The molecule has 0 spiro atoms.